The molecule has 0 spiro atoms. The summed E-state index contributed by atoms with van der Waals surface area (Å²) in [5, 5.41) is 10.3. The van der Waals surface area contributed by atoms with E-state index in [2.05, 4.69) is 10.6 Å². The highest BCUT2D eigenvalue weighted by Gasteiger charge is 2.22. The highest BCUT2D eigenvalue weighted by Crippen LogP contribution is 2.34. The molecule has 212 valence electrons. The number of methoxy groups -OCH3 is 1. The van der Waals surface area contributed by atoms with Crippen LogP contribution in [0.3, 0.4) is 0 Å². The van der Waals surface area contributed by atoms with Crippen molar-refractivity contribution in [3.63, 3.8) is 0 Å². The number of aromatic nitrogens is 3. The number of aromatic carboxylic acids is 1. The van der Waals surface area contributed by atoms with Crippen LogP contribution in [0.1, 0.15) is 46.0 Å². The Bertz CT molecular complexity index is 1770. The van der Waals surface area contributed by atoms with Crippen LogP contribution in [0.15, 0.2) is 53.0 Å². The maximum absolute atomic E-state index is 13.7. The van der Waals surface area contributed by atoms with Gasteiger partial charge in [-0.2, -0.15) is 4.39 Å². The number of carboxylic acids is 1. The van der Waals surface area contributed by atoms with E-state index in [4.69, 9.17) is 35.5 Å². The van der Waals surface area contributed by atoms with E-state index in [9.17, 15) is 14.3 Å². The number of pyridine rings is 1. The first kappa shape index (κ1) is 27.4. The lowest BCUT2D eigenvalue weighted by atomic mass is 9.86. The number of carboxylic acid groups (broad SMARTS) is 1. The first-order chi connectivity index (χ1) is 19.9. The van der Waals surface area contributed by atoms with Gasteiger partial charge in [0.2, 0.25) is 5.88 Å². The largest absolute Gasteiger partial charge is 0.477 e. The summed E-state index contributed by atoms with van der Waals surface area (Å²) >= 11 is 7.37. The molecule has 1 atom stereocenters. The number of thiophene rings is 1. The smallest absolute Gasteiger partial charge is 0.346 e. The molecule has 8 nitrogen and oxygen atoms in total. The minimum absolute atomic E-state index is 0.166. The predicted octanol–water partition coefficient (Wildman–Crippen LogP) is 7.38. The molecule has 4 heterocycles. The number of carbonyl (C=O) groups is 1. The number of benzene rings is 1. The maximum Gasteiger partial charge on any atom is 0.346 e. The predicted molar refractivity (Wildman–Crippen MR) is 155 cm³/mol. The van der Waals surface area contributed by atoms with Gasteiger partial charge in [-0.25, -0.2) is 14.8 Å². The van der Waals surface area contributed by atoms with Crippen molar-refractivity contribution in [2.45, 2.75) is 38.8 Å². The molecular weight excluding hydrogens is 569 g/mol. The normalized spacial score (nSPS) is 15.5. The standard InChI is InChI=1S/C30H27ClFN3O5S/c1-38-12-11-35-23-15-24(30(36)37)41-29(23)34-26(35)13-17-5-7-18(8-6-17)22-3-2-4-27(33-22)39-16-19-9-10-21(31)20-14-25(32)40-28(19)20/h2-4,7,9-10,14-15,17H,5-6,8,11-13,16H2,1H3,(H,36,37). The van der Waals surface area contributed by atoms with Crippen molar-refractivity contribution in [1.82, 2.24) is 14.5 Å². The van der Waals surface area contributed by atoms with Gasteiger partial charge in [0.15, 0.2) is 0 Å². The SMILES string of the molecule is COCCn1c(CC2CC=C(c3cccc(OCc4ccc(Cl)c5cc(F)oc45)n3)CC2)nc2sc(C(=O)O)cc21. The van der Waals surface area contributed by atoms with E-state index in [0.29, 0.717) is 51.4 Å². The molecule has 1 aromatic carbocycles. The second kappa shape index (κ2) is 11.6. The van der Waals surface area contributed by atoms with Gasteiger partial charge in [0.1, 0.15) is 27.7 Å². The molecule has 5 aromatic rings. The van der Waals surface area contributed by atoms with Crippen LogP contribution in [0.4, 0.5) is 4.39 Å². The van der Waals surface area contributed by atoms with Crippen LogP contribution < -0.4 is 4.74 Å². The van der Waals surface area contributed by atoms with Crippen molar-refractivity contribution in [3.05, 3.63) is 81.5 Å². The zero-order chi connectivity index (χ0) is 28.5. The van der Waals surface area contributed by atoms with Gasteiger partial charge >= 0.3 is 5.97 Å². The molecule has 11 heteroatoms. The number of fused-ring (bicyclic) bond motifs is 2. The Morgan fingerprint density at radius 2 is 2.15 bits per heavy atom. The summed E-state index contributed by atoms with van der Waals surface area (Å²) in [4.78, 5) is 22.0. The summed E-state index contributed by atoms with van der Waals surface area (Å²) in [6, 6.07) is 11.4. The van der Waals surface area contributed by atoms with Crippen LogP contribution in [-0.2, 0) is 24.3 Å². The van der Waals surface area contributed by atoms with Crippen molar-refractivity contribution in [2.75, 3.05) is 13.7 Å². The number of hydrogen-bond donors (Lipinski definition) is 1. The molecule has 0 radical (unpaired) electrons. The van der Waals surface area contributed by atoms with Gasteiger partial charge in [-0.3, -0.25) is 0 Å². The molecule has 0 saturated carbocycles. The average Bonchev–Trinajstić information content (AvgIpc) is 3.65. The number of halogens is 2. The van der Waals surface area contributed by atoms with E-state index in [1.54, 1.807) is 31.4 Å². The Morgan fingerprint density at radius 3 is 2.93 bits per heavy atom. The zero-order valence-corrected chi connectivity index (χ0v) is 23.8. The van der Waals surface area contributed by atoms with Gasteiger partial charge in [-0.1, -0.05) is 29.8 Å². The third-order valence-corrected chi connectivity index (χ3v) is 8.69. The molecule has 0 aliphatic heterocycles. The summed E-state index contributed by atoms with van der Waals surface area (Å²) in [5.41, 5.74) is 3.95. The molecular formula is C30H27ClFN3O5S. The zero-order valence-electron chi connectivity index (χ0n) is 22.2. The van der Waals surface area contributed by atoms with Crippen LogP contribution >= 0.6 is 22.9 Å². The topological polar surface area (TPSA) is 99.6 Å². The van der Waals surface area contributed by atoms with E-state index < -0.39 is 12.0 Å². The molecule has 1 N–H and O–H groups in total. The van der Waals surface area contributed by atoms with E-state index in [0.717, 1.165) is 47.5 Å². The van der Waals surface area contributed by atoms with E-state index in [-0.39, 0.29) is 6.61 Å². The number of rotatable bonds is 10. The van der Waals surface area contributed by atoms with Crippen LogP contribution in [0.25, 0.3) is 26.9 Å². The number of hydrogen-bond acceptors (Lipinski definition) is 7. The third kappa shape index (κ3) is 5.72. The second-order valence-corrected chi connectivity index (χ2v) is 11.4. The Hall–Kier alpha value is -3.73. The molecule has 4 aromatic heterocycles. The lowest BCUT2D eigenvalue weighted by Crippen LogP contribution is -2.15. The average molecular weight is 596 g/mol. The first-order valence-electron chi connectivity index (χ1n) is 13.3. The molecule has 0 saturated heterocycles. The summed E-state index contributed by atoms with van der Waals surface area (Å²) < 4.78 is 32.2. The summed E-state index contributed by atoms with van der Waals surface area (Å²) in [6.45, 7) is 1.31. The Morgan fingerprint density at radius 1 is 1.27 bits per heavy atom. The minimum Gasteiger partial charge on any atom is -0.477 e. The number of allylic oxidation sites excluding steroid dienone is 2. The summed E-state index contributed by atoms with van der Waals surface area (Å²) in [6.07, 6.45) is 5.79. The lowest BCUT2D eigenvalue weighted by Gasteiger charge is -2.22. The minimum atomic E-state index is -0.934. The number of imidazole rings is 1. The molecule has 0 bridgehead atoms. The van der Waals surface area contributed by atoms with Gasteiger partial charge in [0, 0.05) is 43.2 Å². The van der Waals surface area contributed by atoms with E-state index in [1.807, 2.05) is 12.1 Å². The van der Waals surface area contributed by atoms with Crippen molar-refractivity contribution in [3.8, 4) is 5.88 Å². The fourth-order valence-electron chi connectivity index (χ4n) is 5.28. The van der Waals surface area contributed by atoms with Crippen molar-refractivity contribution < 1.29 is 28.2 Å². The molecule has 1 aliphatic carbocycles. The molecule has 0 amide bonds. The molecule has 1 aliphatic rings. The Labute approximate surface area is 244 Å². The maximum atomic E-state index is 13.7. The second-order valence-electron chi connectivity index (χ2n) is 10.0. The number of nitrogens with zero attached hydrogens (tertiary/aromatic N) is 3. The van der Waals surface area contributed by atoms with Gasteiger partial charge in [0.05, 0.1) is 22.8 Å². The van der Waals surface area contributed by atoms with Crippen molar-refractivity contribution in [2.24, 2.45) is 5.92 Å². The third-order valence-electron chi connectivity index (χ3n) is 7.36. The quantitative estimate of drug-likeness (QED) is 0.180. The summed E-state index contributed by atoms with van der Waals surface area (Å²) in [7, 11) is 1.65. The highest BCUT2D eigenvalue weighted by molar-refractivity contribution is 7.20. The van der Waals surface area contributed by atoms with Gasteiger partial charge in [-0.15, -0.1) is 11.3 Å². The number of furan rings is 1. The van der Waals surface area contributed by atoms with Gasteiger partial charge < -0.3 is 23.6 Å². The van der Waals surface area contributed by atoms with E-state index in [1.165, 1.54) is 23.0 Å². The van der Waals surface area contributed by atoms with Gasteiger partial charge in [-0.05, 0) is 49.0 Å². The summed E-state index contributed by atoms with van der Waals surface area (Å²) in [5.74, 6) is 0.914. The molecule has 0 fully saturated rings. The molecule has 6 rings (SSSR count). The van der Waals surface area contributed by atoms with Crippen LogP contribution in [0, 0.1) is 11.9 Å². The molecule has 1 unspecified atom stereocenters. The highest BCUT2D eigenvalue weighted by atomic mass is 35.5. The van der Waals surface area contributed by atoms with Crippen molar-refractivity contribution in [1.29, 1.82) is 0 Å². The van der Waals surface area contributed by atoms with Crippen LogP contribution in [0.5, 0.6) is 5.88 Å². The number of ether oxygens (including phenoxy) is 2. The lowest BCUT2D eigenvalue weighted by molar-refractivity contribution is 0.0702. The fourth-order valence-corrected chi connectivity index (χ4v) is 6.37. The Kier molecular flexibility index (Phi) is 7.79. The molecule has 41 heavy (non-hydrogen) atoms. The van der Waals surface area contributed by atoms with Crippen LogP contribution in [-0.4, -0.2) is 39.3 Å². The van der Waals surface area contributed by atoms with Gasteiger partial charge in [0.25, 0.3) is 6.01 Å². The van der Waals surface area contributed by atoms with Crippen molar-refractivity contribution >= 4 is 55.8 Å². The fraction of sp³-hybridized carbons (Fsp3) is 0.300. The first-order valence-corrected chi connectivity index (χ1v) is 14.5. The van der Waals surface area contributed by atoms with Crippen LogP contribution in [0.2, 0.25) is 5.02 Å². The van der Waals surface area contributed by atoms with E-state index >= 15 is 0 Å². The Balaban J connectivity index is 1.13. The monoisotopic (exact) mass is 595 g/mol.